The van der Waals surface area contributed by atoms with Gasteiger partial charge in [-0.1, -0.05) is 6.07 Å². The summed E-state index contributed by atoms with van der Waals surface area (Å²) in [7, 11) is 0. The van der Waals surface area contributed by atoms with Crippen molar-refractivity contribution in [2.75, 3.05) is 17.2 Å². The van der Waals surface area contributed by atoms with Gasteiger partial charge in [0.15, 0.2) is 5.76 Å². The van der Waals surface area contributed by atoms with E-state index >= 15 is 0 Å². The zero-order chi connectivity index (χ0) is 17.4. The lowest BCUT2D eigenvalue weighted by molar-refractivity contribution is -0.116. The number of benzene rings is 1. The van der Waals surface area contributed by atoms with E-state index < -0.39 is 6.03 Å². The van der Waals surface area contributed by atoms with Gasteiger partial charge in [-0.25, -0.2) is 4.79 Å². The van der Waals surface area contributed by atoms with Gasteiger partial charge in [0, 0.05) is 24.3 Å². The number of urea groups is 1. The Labute approximate surface area is 138 Å². The molecule has 8 heteroatoms. The third-order valence-electron chi connectivity index (χ3n) is 3.03. The van der Waals surface area contributed by atoms with Crippen LogP contribution in [0.1, 0.15) is 23.4 Å². The van der Waals surface area contributed by atoms with Crippen molar-refractivity contribution in [3.8, 4) is 0 Å². The summed E-state index contributed by atoms with van der Waals surface area (Å²) in [5.74, 6) is -0.276. The molecule has 0 atom stereocenters. The first-order valence-corrected chi connectivity index (χ1v) is 7.32. The van der Waals surface area contributed by atoms with Crippen molar-refractivity contribution in [3.63, 3.8) is 0 Å². The van der Waals surface area contributed by atoms with E-state index in [0.717, 1.165) is 0 Å². The summed E-state index contributed by atoms with van der Waals surface area (Å²) in [6.07, 6.45) is 2.15. The Balaban J connectivity index is 1.71. The van der Waals surface area contributed by atoms with Gasteiger partial charge < -0.3 is 26.1 Å². The number of primary amides is 1. The van der Waals surface area contributed by atoms with Crippen LogP contribution in [0.5, 0.6) is 0 Å². The summed E-state index contributed by atoms with van der Waals surface area (Å²) < 4.78 is 4.96. The van der Waals surface area contributed by atoms with Crippen LogP contribution in [-0.2, 0) is 4.79 Å². The molecule has 8 nitrogen and oxygen atoms in total. The van der Waals surface area contributed by atoms with Crippen molar-refractivity contribution in [2.24, 2.45) is 5.73 Å². The van der Waals surface area contributed by atoms with Crippen molar-refractivity contribution < 1.29 is 18.8 Å². The second-order valence-electron chi connectivity index (χ2n) is 4.95. The third-order valence-corrected chi connectivity index (χ3v) is 3.03. The van der Waals surface area contributed by atoms with Crippen LogP contribution < -0.4 is 21.7 Å². The molecule has 0 fully saturated rings. The molecule has 126 valence electrons. The van der Waals surface area contributed by atoms with Gasteiger partial charge in [0.1, 0.15) is 0 Å². The Morgan fingerprint density at radius 3 is 2.46 bits per heavy atom. The molecule has 2 rings (SSSR count). The summed E-state index contributed by atoms with van der Waals surface area (Å²) >= 11 is 0. The maximum atomic E-state index is 11.9. The predicted molar refractivity (Wildman–Crippen MR) is 88.6 cm³/mol. The van der Waals surface area contributed by atoms with Crippen molar-refractivity contribution in [1.82, 2.24) is 5.32 Å². The summed E-state index contributed by atoms with van der Waals surface area (Å²) in [5.41, 5.74) is 6.08. The lowest BCUT2D eigenvalue weighted by Gasteiger charge is -2.08. The lowest BCUT2D eigenvalue weighted by Crippen LogP contribution is -2.25. The normalized spacial score (nSPS) is 10.0. The van der Waals surface area contributed by atoms with E-state index in [1.54, 1.807) is 36.4 Å². The molecule has 1 heterocycles. The molecule has 0 unspecified atom stereocenters. The number of hydrogen-bond acceptors (Lipinski definition) is 4. The molecule has 0 radical (unpaired) electrons. The Hall–Kier alpha value is -3.29. The highest BCUT2D eigenvalue weighted by atomic mass is 16.3. The number of carbonyl (C=O) groups excluding carboxylic acids is 3. The van der Waals surface area contributed by atoms with Gasteiger partial charge in [0.05, 0.1) is 6.26 Å². The van der Waals surface area contributed by atoms with E-state index in [0.29, 0.717) is 24.3 Å². The van der Waals surface area contributed by atoms with Crippen LogP contribution in [0.4, 0.5) is 16.2 Å². The SMILES string of the molecule is NC(=O)Nc1cccc(NC(=O)CCCNC(=O)c2ccco2)c1. The number of carbonyl (C=O) groups is 3. The fraction of sp³-hybridized carbons (Fsp3) is 0.188. The van der Waals surface area contributed by atoms with Crippen molar-refractivity contribution in [3.05, 3.63) is 48.4 Å². The van der Waals surface area contributed by atoms with Crippen LogP contribution in [0.2, 0.25) is 0 Å². The Bertz CT molecular complexity index is 713. The molecule has 0 saturated heterocycles. The maximum absolute atomic E-state index is 11.9. The first-order chi connectivity index (χ1) is 11.5. The summed E-state index contributed by atoms with van der Waals surface area (Å²) in [4.78, 5) is 34.3. The highest BCUT2D eigenvalue weighted by Crippen LogP contribution is 2.15. The monoisotopic (exact) mass is 330 g/mol. The first-order valence-electron chi connectivity index (χ1n) is 7.32. The number of nitrogens with two attached hydrogens (primary N) is 1. The standard InChI is InChI=1S/C16H18N4O4/c17-16(23)20-12-5-1-4-11(10-12)19-14(21)7-2-8-18-15(22)13-6-3-9-24-13/h1,3-6,9-10H,2,7-8H2,(H,18,22)(H,19,21)(H3,17,20,23). The Morgan fingerprint density at radius 1 is 1.04 bits per heavy atom. The minimum atomic E-state index is -0.675. The molecule has 0 saturated carbocycles. The molecule has 5 N–H and O–H groups in total. The van der Waals surface area contributed by atoms with Gasteiger partial charge in [-0.15, -0.1) is 0 Å². The number of amides is 4. The van der Waals surface area contributed by atoms with E-state index in [1.165, 1.54) is 6.26 Å². The topological polar surface area (TPSA) is 126 Å². The zero-order valence-corrected chi connectivity index (χ0v) is 12.9. The molecule has 4 amide bonds. The van der Waals surface area contributed by atoms with Gasteiger partial charge in [-0.3, -0.25) is 9.59 Å². The minimum Gasteiger partial charge on any atom is -0.459 e. The van der Waals surface area contributed by atoms with E-state index in [2.05, 4.69) is 16.0 Å². The fourth-order valence-electron chi connectivity index (χ4n) is 1.99. The third kappa shape index (κ3) is 5.48. The molecule has 0 aliphatic rings. The number of hydrogen-bond donors (Lipinski definition) is 4. The average molecular weight is 330 g/mol. The summed E-state index contributed by atoms with van der Waals surface area (Å²) in [6.45, 7) is 0.357. The van der Waals surface area contributed by atoms with Gasteiger partial charge in [-0.05, 0) is 36.8 Å². The number of furan rings is 1. The number of nitrogens with one attached hydrogen (secondary N) is 3. The molecule has 1 aromatic heterocycles. The van der Waals surface area contributed by atoms with Crippen molar-refractivity contribution in [1.29, 1.82) is 0 Å². The molecule has 0 aliphatic heterocycles. The second kappa shape index (κ2) is 8.37. The molecule has 0 bridgehead atoms. The average Bonchev–Trinajstić information content (AvgIpc) is 3.05. The van der Waals surface area contributed by atoms with E-state index in [9.17, 15) is 14.4 Å². The molecule has 2 aromatic rings. The summed E-state index contributed by atoms with van der Waals surface area (Å²) in [5, 5.41) is 7.80. The number of rotatable bonds is 7. The zero-order valence-electron chi connectivity index (χ0n) is 12.9. The largest absolute Gasteiger partial charge is 0.459 e. The Kier molecular flexibility index (Phi) is 5.95. The Morgan fingerprint density at radius 2 is 1.79 bits per heavy atom. The van der Waals surface area contributed by atoms with Gasteiger partial charge in [-0.2, -0.15) is 0 Å². The van der Waals surface area contributed by atoms with Crippen LogP contribution in [-0.4, -0.2) is 24.4 Å². The van der Waals surface area contributed by atoms with Crippen molar-refractivity contribution >= 4 is 29.2 Å². The molecule has 0 aliphatic carbocycles. The molecule has 24 heavy (non-hydrogen) atoms. The highest BCUT2D eigenvalue weighted by molar-refractivity contribution is 5.93. The van der Waals surface area contributed by atoms with E-state index in [4.69, 9.17) is 10.2 Å². The maximum Gasteiger partial charge on any atom is 0.316 e. The van der Waals surface area contributed by atoms with Gasteiger partial charge in [0.25, 0.3) is 5.91 Å². The van der Waals surface area contributed by atoms with Crippen LogP contribution >= 0.6 is 0 Å². The van der Waals surface area contributed by atoms with Crippen molar-refractivity contribution in [2.45, 2.75) is 12.8 Å². The lowest BCUT2D eigenvalue weighted by atomic mass is 10.2. The van der Waals surface area contributed by atoms with Gasteiger partial charge >= 0.3 is 6.03 Å². The predicted octanol–water partition coefficient (Wildman–Crippen LogP) is 1.92. The van der Waals surface area contributed by atoms with Crippen LogP contribution in [0.3, 0.4) is 0 Å². The first kappa shape index (κ1) is 17.1. The molecular formula is C16H18N4O4. The van der Waals surface area contributed by atoms with Crippen LogP contribution in [0, 0.1) is 0 Å². The minimum absolute atomic E-state index is 0.196. The van der Waals surface area contributed by atoms with Gasteiger partial charge in [0.2, 0.25) is 5.91 Å². The molecule has 0 spiro atoms. The van der Waals surface area contributed by atoms with Crippen LogP contribution in [0.15, 0.2) is 47.1 Å². The second-order valence-corrected chi connectivity index (χ2v) is 4.95. The van der Waals surface area contributed by atoms with E-state index in [1.807, 2.05) is 0 Å². The molecular weight excluding hydrogens is 312 g/mol. The highest BCUT2D eigenvalue weighted by Gasteiger charge is 2.08. The molecule has 1 aromatic carbocycles. The fourth-order valence-corrected chi connectivity index (χ4v) is 1.99. The number of anilines is 2. The quantitative estimate of drug-likeness (QED) is 0.578. The smallest absolute Gasteiger partial charge is 0.316 e. The summed E-state index contributed by atoms with van der Waals surface area (Å²) in [6, 6.07) is 9.16. The van der Waals surface area contributed by atoms with Crippen LogP contribution in [0.25, 0.3) is 0 Å². The van der Waals surface area contributed by atoms with E-state index in [-0.39, 0.29) is 24.0 Å².